The van der Waals surface area contributed by atoms with Crippen molar-refractivity contribution in [2.45, 2.75) is 39.8 Å². The molecule has 0 unspecified atom stereocenters. The van der Waals surface area contributed by atoms with Crippen LogP contribution in [0, 0.1) is 0 Å². The summed E-state index contributed by atoms with van der Waals surface area (Å²) in [5.74, 6) is 0.0970. The number of rotatable bonds is 6. The van der Waals surface area contributed by atoms with E-state index in [1.165, 1.54) is 11.4 Å². The standard InChI is InChI=1S/C35H42N4O/c1-25(2)36-17-21-38(22-18-36)33-15-13-31(27-9-5-7-11-29(27)33)35(40)32-14-16-34(30-12-8-6-10-28(30)32)39-23-19-37(20-24-39)26(3)4/h5-16,25-26H,17-24H2,1-4H3. The monoisotopic (exact) mass is 534 g/mol. The smallest absolute Gasteiger partial charge is 0.194 e. The SMILES string of the molecule is CC(C)N1CCN(c2ccc(C(=O)c3ccc(N4CCN(C(C)C)CC4)c4ccccc34)c3ccccc23)CC1. The number of ketones is 1. The van der Waals surface area contributed by atoms with Gasteiger partial charge in [-0.2, -0.15) is 0 Å². The van der Waals surface area contributed by atoms with E-state index in [0.29, 0.717) is 12.1 Å². The maximum Gasteiger partial charge on any atom is 0.194 e. The molecule has 208 valence electrons. The number of carbonyl (C=O) groups excluding carboxylic acids is 1. The van der Waals surface area contributed by atoms with Crippen LogP contribution in [0.1, 0.15) is 43.6 Å². The molecule has 0 atom stereocenters. The number of benzene rings is 4. The lowest BCUT2D eigenvalue weighted by Gasteiger charge is -2.38. The van der Waals surface area contributed by atoms with Crippen LogP contribution in [-0.4, -0.2) is 80.0 Å². The molecule has 0 N–H and O–H groups in total. The largest absolute Gasteiger partial charge is 0.368 e. The van der Waals surface area contributed by atoms with Crippen molar-refractivity contribution in [3.63, 3.8) is 0 Å². The van der Waals surface area contributed by atoms with Crippen LogP contribution < -0.4 is 9.80 Å². The van der Waals surface area contributed by atoms with Gasteiger partial charge in [-0.1, -0.05) is 48.5 Å². The van der Waals surface area contributed by atoms with E-state index in [9.17, 15) is 4.79 Å². The first-order chi connectivity index (χ1) is 19.4. The molecule has 6 rings (SSSR count). The maximum atomic E-state index is 14.2. The topological polar surface area (TPSA) is 30.0 Å². The lowest BCUT2D eigenvalue weighted by atomic mass is 9.92. The average molecular weight is 535 g/mol. The van der Waals surface area contributed by atoms with Gasteiger partial charge in [-0.3, -0.25) is 14.6 Å². The van der Waals surface area contributed by atoms with Crippen molar-refractivity contribution in [2.24, 2.45) is 0 Å². The summed E-state index contributed by atoms with van der Waals surface area (Å²) in [5, 5.41) is 4.40. The lowest BCUT2D eigenvalue weighted by Crippen LogP contribution is -2.49. The molecule has 0 bridgehead atoms. The molecule has 40 heavy (non-hydrogen) atoms. The van der Waals surface area contributed by atoms with Crippen molar-refractivity contribution in [3.05, 3.63) is 83.9 Å². The van der Waals surface area contributed by atoms with Gasteiger partial charge in [-0.05, 0) is 62.7 Å². The summed E-state index contributed by atoms with van der Waals surface area (Å²) >= 11 is 0. The van der Waals surface area contributed by atoms with Crippen LogP contribution >= 0.6 is 0 Å². The first kappa shape index (κ1) is 26.8. The Bertz CT molecular complexity index is 1400. The maximum absolute atomic E-state index is 14.2. The molecule has 2 saturated heterocycles. The van der Waals surface area contributed by atoms with Crippen LogP contribution in [0.25, 0.3) is 21.5 Å². The van der Waals surface area contributed by atoms with Crippen LogP contribution in [0.3, 0.4) is 0 Å². The van der Waals surface area contributed by atoms with Crippen LogP contribution in [0.15, 0.2) is 72.8 Å². The highest BCUT2D eigenvalue weighted by atomic mass is 16.1. The fraction of sp³-hybridized carbons (Fsp3) is 0.400. The van der Waals surface area contributed by atoms with Gasteiger partial charge in [0.15, 0.2) is 5.78 Å². The summed E-state index contributed by atoms with van der Waals surface area (Å²) in [6, 6.07) is 26.5. The Hall–Kier alpha value is -3.41. The highest BCUT2D eigenvalue weighted by molar-refractivity contribution is 6.23. The van der Waals surface area contributed by atoms with Gasteiger partial charge in [0.25, 0.3) is 0 Å². The highest BCUT2D eigenvalue weighted by Gasteiger charge is 2.24. The molecule has 2 aliphatic rings. The Labute approximate surface area is 239 Å². The zero-order chi connectivity index (χ0) is 27.8. The van der Waals surface area contributed by atoms with E-state index >= 15 is 0 Å². The van der Waals surface area contributed by atoms with Gasteiger partial charge in [0.2, 0.25) is 0 Å². The normalized spacial score (nSPS) is 17.4. The number of anilines is 2. The van der Waals surface area contributed by atoms with Gasteiger partial charge < -0.3 is 9.80 Å². The molecular formula is C35H42N4O. The van der Waals surface area contributed by atoms with Crippen LogP contribution in [0.2, 0.25) is 0 Å². The van der Waals surface area contributed by atoms with E-state index in [4.69, 9.17) is 0 Å². The molecule has 0 aromatic heterocycles. The molecule has 0 saturated carbocycles. The van der Waals surface area contributed by atoms with Gasteiger partial charge in [0, 0.05) is 97.7 Å². The third-order valence-corrected chi connectivity index (χ3v) is 9.06. The number of hydrogen-bond acceptors (Lipinski definition) is 5. The predicted molar refractivity (Wildman–Crippen MR) is 169 cm³/mol. The molecule has 2 fully saturated rings. The van der Waals surface area contributed by atoms with Crippen molar-refractivity contribution in [2.75, 3.05) is 62.2 Å². The fourth-order valence-corrected chi connectivity index (χ4v) is 6.62. The highest BCUT2D eigenvalue weighted by Crippen LogP contribution is 2.35. The summed E-state index contributed by atoms with van der Waals surface area (Å²) in [6.07, 6.45) is 0. The molecule has 4 aromatic rings. The minimum Gasteiger partial charge on any atom is -0.368 e. The van der Waals surface area contributed by atoms with E-state index in [1.54, 1.807) is 0 Å². The van der Waals surface area contributed by atoms with E-state index < -0.39 is 0 Å². The molecule has 5 heteroatoms. The molecular weight excluding hydrogens is 492 g/mol. The van der Waals surface area contributed by atoms with Gasteiger partial charge in [-0.25, -0.2) is 0 Å². The lowest BCUT2D eigenvalue weighted by molar-refractivity contribution is 0.104. The van der Waals surface area contributed by atoms with Crippen molar-refractivity contribution in [1.82, 2.24) is 9.80 Å². The van der Waals surface area contributed by atoms with Crippen molar-refractivity contribution < 1.29 is 4.79 Å². The number of piperazine rings is 2. The number of carbonyl (C=O) groups is 1. The number of nitrogens with zero attached hydrogens (tertiary/aromatic N) is 4. The third-order valence-electron chi connectivity index (χ3n) is 9.06. The molecule has 0 amide bonds. The van der Waals surface area contributed by atoms with Crippen molar-refractivity contribution in [1.29, 1.82) is 0 Å². The first-order valence-electron chi connectivity index (χ1n) is 15.0. The van der Waals surface area contributed by atoms with E-state index in [2.05, 4.69) is 120 Å². The van der Waals surface area contributed by atoms with E-state index in [-0.39, 0.29) is 5.78 Å². The van der Waals surface area contributed by atoms with Crippen molar-refractivity contribution in [3.8, 4) is 0 Å². The fourth-order valence-electron chi connectivity index (χ4n) is 6.62. The Kier molecular flexibility index (Phi) is 7.52. The molecule has 4 aromatic carbocycles. The predicted octanol–water partition coefficient (Wildman–Crippen LogP) is 6.28. The molecule has 5 nitrogen and oxygen atoms in total. The quantitative estimate of drug-likeness (QED) is 0.272. The van der Waals surface area contributed by atoms with Gasteiger partial charge >= 0.3 is 0 Å². The second-order valence-corrected chi connectivity index (χ2v) is 11.9. The summed E-state index contributed by atoms with van der Waals surface area (Å²) < 4.78 is 0. The second-order valence-electron chi connectivity index (χ2n) is 11.9. The molecule has 2 aliphatic heterocycles. The Balaban J connectivity index is 1.34. The zero-order valence-corrected chi connectivity index (χ0v) is 24.4. The Morgan fingerprint density at radius 3 is 1.20 bits per heavy atom. The van der Waals surface area contributed by atoms with Crippen molar-refractivity contribution >= 4 is 38.7 Å². The second kappa shape index (κ2) is 11.2. The van der Waals surface area contributed by atoms with Crippen LogP contribution in [-0.2, 0) is 0 Å². The van der Waals surface area contributed by atoms with Crippen LogP contribution in [0.5, 0.6) is 0 Å². The van der Waals surface area contributed by atoms with E-state index in [0.717, 1.165) is 85.0 Å². The Morgan fingerprint density at radius 1 is 0.500 bits per heavy atom. The molecule has 0 spiro atoms. The molecule has 2 heterocycles. The van der Waals surface area contributed by atoms with Gasteiger partial charge in [0.05, 0.1) is 0 Å². The van der Waals surface area contributed by atoms with Gasteiger partial charge in [0.1, 0.15) is 0 Å². The summed E-state index contributed by atoms with van der Waals surface area (Å²) in [6.45, 7) is 17.4. The Morgan fingerprint density at radius 2 is 0.850 bits per heavy atom. The molecule has 0 aliphatic carbocycles. The first-order valence-corrected chi connectivity index (χ1v) is 15.0. The average Bonchev–Trinajstić information content (AvgIpc) is 2.99. The summed E-state index contributed by atoms with van der Waals surface area (Å²) in [5.41, 5.74) is 4.03. The van der Waals surface area contributed by atoms with E-state index in [1.807, 2.05) is 0 Å². The zero-order valence-electron chi connectivity index (χ0n) is 24.4. The van der Waals surface area contributed by atoms with Gasteiger partial charge in [-0.15, -0.1) is 0 Å². The number of hydrogen-bond donors (Lipinski definition) is 0. The summed E-state index contributed by atoms with van der Waals surface area (Å²) in [7, 11) is 0. The van der Waals surface area contributed by atoms with Crippen LogP contribution in [0.4, 0.5) is 11.4 Å². The third kappa shape index (κ3) is 4.97. The minimum atomic E-state index is 0.0970. The summed E-state index contributed by atoms with van der Waals surface area (Å²) in [4.78, 5) is 24.3. The number of fused-ring (bicyclic) bond motifs is 2. The molecule has 0 radical (unpaired) electrons. The minimum absolute atomic E-state index is 0.0970.